The molecule has 0 aliphatic rings. The van der Waals surface area contributed by atoms with Crippen molar-refractivity contribution >= 4 is 27.5 Å². The Kier molecular flexibility index (Phi) is 1.81. The summed E-state index contributed by atoms with van der Waals surface area (Å²) in [4.78, 5) is 14.8. The molecule has 4 nitrogen and oxygen atoms in total. The second-order valence-corrected chi connectivity index (χ2v) is 3.30. The van der Waals surface area contributed by atoms with Crippen LogP contribution in [0.3, 0.4) is 0 Å². The maximum Gasteiger partial charge on any atom is 0.352 e. The van der Waals surface area contributed by atoms with Crippen LogP contribution in [0.2, 0.25) is 0 Å². The zero-order valence-corrected chi connectivity index (χ0v) is 8.02. The minimum Gasteiger partial charge on any atom is -0.477 e. The van der Waals surface area contributed by atoms with E-state index in [9.17, 15) is 4.79 Å². The molecule has 0 bridgehead atoms. The number of carboxylic acids is 1. The number of imidazole rings is 1. The maximum absolute atomic E-state index is 10.8. The van der Waals surface area contributed by atoms with Crippen molar-refractivity contribution in [1.29, 1.82) is 0 Å². The zero-order valence-electron chi connectivity index (χ0n) is 6.44. The van der Waals surface area contributed by atoms with E-state index in [1.165, 1.54) is 10.5 Å². The van der Waals surface area contributed by atoms with E-state index < -0.39 is 5.97 Å². The third-order valence-electron chi connectivity index (χ3n) is 1.71. The average Bonchev–Trinajstić information content (AvgIpc) is 2.48. The van der Waals surface area contributed by atoms with Gasteiger partial charge in [-0.15, -0.1) is 0 Å². The van der Waals surface area contributed by atoms with Gasteiger partial charge in [-0.1, -0.05) is 6.07 Å². The molecule has 2 aromatic rings. The fraction of sp³-hybridized carbons (Fsp3) is 0. The highest BCUT2D eigenvalue weighted by atomic mass is 79.9. The summed E-state index contributed by atoms with van der Waals surface area (Å²) in [6, 6.07) is 4.94. The first-order valence-electron chi connectivity index (χ1n) is 3.55. The molecule has 0 fully saturated rings. The van der Waals surface area contributed by atoms with Crippen LogP contribution >= 0.6 is 15.9 Å². The first-order chi connectivity index (χ1) is 6.20. The highest BCUT2D eigenvalue weighted by Gasteiger charge is 2.10. The summed E-state index contributed by atoms with van der Waals surface area (Å²) in [7, 11) is 0. The molecule has 0 unspecified atom stereocenters. The molecular formula is C8H5BrN2O2. The van der Waals surface area contributed by atoms with Crippen molar-refractivity contribution < 1.29 is 9.90 Å². The summed E-state index contributed by atoms with van der Waals surface area (Å²) in [6.45, 7) is 0. The van der Waals surface area contributed by atoms with Gasteiger partial charge in [0.25, 0.3) is 0 Å². The molecule has 1 N–H and O–H groups in total. The van der Waals surface area contributed by atoms with Gasteiger partial charge >= 0.3 is 5.97 Å². The smallest absolute Gasteiger partial charge is 0.352 e. The molecule has 2 aromatic heterocycles. The number of carboxylic acid groups (broad SMARTS) is 1. The number of aromatic carboxylic acids is 1. The minimum atomic E-state index is -0.968. The molecule has 5 heteroatoms. The van der Waals surface area contributed by atoms with Gasteiger partial charge in [0.2, 0.25) is 0 Å². The Balaban J connectivity index is 2.88. The summed E-state index contributed by atoms with van der Waals surface area (Å²) in [5, 5.41) is 8.86. The largest absolute Gasteiger partial charge is 0.477 e. The van der Waals surface area contributed by atoms with E-state index in [1.807, 2.05) is 0 Å². The summed E-state index contributed by atoms with van der Waals surface area (Å²) in [5.41, 5.74) is 0.814. The van der Waals surface area contributed by atoms with E-state index in [-0.39, 0.29) is 5.69 Å². The highest BCUT2D eigenvalue weighted by Crippen LogP contribution is 2.15. The van der Waals surface area contributed by atoms with Gasteiger partial charge < -0.3 is 5.11 Å². The normalized spacial score (nSPS) is 10.5. The van der Waals surface area contributed by atoms with Crippen LogP contribution in [0.15, 0.2) is 29.0 Å². The van der Waals surface area contributed by atoms with Gasteiger partial charge in [-0.05, 0) is 28.1 Å². The SMILES string of the molecule is O=C(O)c1cccc2ncc(Br)n12. The van der Waals surface area contributed by atoms with Crippen molar-refractivity contribution in [3.05, 3.63) is 34.7 Å². The topological polar surface area (TPSA) is 54.6 Å². The van der Waals surface area contributed by atoms with E-state index in [1.54, 1.807) is 18.3 Å². The number of pyridine rings is 1. The molecule has 2 rings (SSSR count). The quantitative estimate of drug-likeness (QED) is 0.828. The molecule has 0 saturated carbocycles. The monoisotopic (exact) mass is 240 g/mol. The second-order valence-electron chi connectivity index (χ2n) is 2.49. The Bertz CT molecular complexity index is 478. The molecule has 0 radical (unpaired) electrons. The summed E-state index contributed by atoms with van der Waals surface area (Å²) >= 11 is 3.22. The molecule has 0 spiro atoms. The van der Waals surface area contributed by atoms with Crippen LogP contribution in [0.25, 0.3) is 5.65 Å². The van der Waals surface area contributed by atoms with Crippen LogP contribution in [0, 0.1) is 0 Å². The van der Waals surface area contributed by atoms with Crippen LogP contribution in [0.1, 0.15) is 10.5 Å². The van der Waals surface area contributed by atoms with Gasteiger partial charge in [0.15, 0.2) is 0 Å². The van der Waals surface area contributed by atoms with Gasteiger partial charge in [0, 0.05) is 0 Å². The number of aromatic nitrogens is 2. The van der Waals surface area contributed by atoms with Crippen molar-refractivity contribution in [1.82, 2.24) is 9.38 Å². The van der Waals surface area contributed by atoms with Gasteiger partial charge in [-0.2, -0.15) is 0 Å². The molecule has 66 valence electrons. The number of rotatable bonds is 1. The number of hydrogen-bond donors (Lipinski definition) is 1. The Labute approximate surface area is 82.0 Å². The third-order valence-corrected chi connectivity index (χ3v) is 2.26. The van der Waals surface area contributed by atoms with Crippen LogP contribution < -0.4 is 0 Å². The molecule has 0 atom stereocenters. The van der Waals surface area contributed by atoms with E-state index in [0.29, 0.717) is 10.3 Å². The lowest BCUT2D eigenvalue weighted by atomic mass is 10.3. The summed E-state index contributed by atoms with van der Waals surface area (Å²) in [6.07, 6.45) is 1.57. The average molecular weight is 241 g/mol. The fourth-order valence-electron chi connectivity index (χ4n) is 1.17. The standard InChI is InChI=1S/C8H5BrN2O2/c9-6-4-10-7-3-1-2-5(8(12)13)11(6)7/h1-4H,(H,12,13). The molecule has 0 aromatic carbocycles. The number of hydrogen-bond acceptors (Lipinski definition) is 2. The maximum atomic E-state index is 10.8. The van der Waals surface area contributed by atoms with Crippen LogP contribution in [-0.4, -0.2) is 20.5 Å². The van der Waals surface area contributed by atoms with E-state index in [2.05, 4.69) is 20.9 Å². The summed E-state index contributed by atoms with van der Waals surface area (Å²) < 4.78 is 2.17. The van der Waals surface area contributed by atoms with Crippen LogP contribution in [-0.2, 0) is 0 Å². The van der Waals surface area contributed by atoms with E-state index in [4.69, 9.17) is 5.11 Å². The predicted molar refractivity (Wildman–Crippen MR) is 49.9 cm³/mol. The number of fused-ring (bicyclic) bond motifs is 1. The molecule has 0 aliphatic carbocycles. The number of halogens is 1. The first kappa shape index (κ1) is 8.25. The minimum absolute atomic E-state index is 0.196. The van der Waals surface area contributed by atoms with Crippen molar-refractivity contribution in [2.45, 2.75) is 0 Å². The molecular weight excluding hydrogens is 236 g/mol. The van der Waals surface area contributed by atoms with Crippen molar-refractivity contribution in [3.8, 4) is 0 Å². The van der Waals surface area contributed by atoms with Crippen molar-refractivity contribution in [2.24, 2.45) is 0 Å². The zero-order chi connectivity index (χ0) is 9.42. The van der Waals surface area contributed by atoms with Crippen molar-refractivity contribution in [3.63, 3.8) is 0 Å². The predicted octanol–water partition coefficient (Wildman–Crippen LogP) is 1.79. The van der Waals surface area contributed by atoms with Gasteiger partial charge in [0.1, 0.15) is 15.9 Å². The number of nitrogens with zero attached hydrogens (tertiary/aromatic N) is 2. The lowest BCUT2D eigenvalue weighted by Crippen LogP contribution is -2.04. The Hall–Kier alpha value is -1.36. The van der Waals surface area contributed by atoms with E-state index >= 15 is 0 Å². The summed E-state index contributed by atoms with van der Waals surface area (Å²) in [5.74, 6) is -0.968. The molecule has 2 heterocycles. The Morgan fingerprint density at radius 1 is 1.54 bits per heavy atom. The Morgan fingerprint density at radius 2 is 2.31 bits per heavy atom. The molecule has 0 aliphatic heterocycles. The molecule has 13 heavy (non-hydrogen) atoms. The molecule has 0 saturated heterocycles. The van der Waals surface area contributed by atoms with Crippen LogP contribution in [0.4, 0.5) is 0 Å². The van der Waals surface area contributed by atoms with Gasteiger partial charge in [0.05, 0.1) is 6.20 Å². The van der Waals surface area contributed by atoms with Gasteiger partial charge in [-0.3, -0.25) is 4.40 Å². The Morgan fingerprint density at radius 3 is 3.00 bits per heavy atom. The molecule has 0 amide bonds. The van der Waals surface area contributed by atoms with Crippen LogP contribution in [0.5, 0.6) is 0 Å². The van der Waals surface area contributed by atoms with Gasteiger partial charge in [-0.25, -0.2) is 9.78 Å². The lowest BCUT2D eigenvalue weighted by Gasteiger charge is -2.00. The fourth-order valence-corrected chi connectivity index (χ4v) is 1.64. The van der Waals surface area contributed by atoms with Crippen molar-refractivity contribution in [2.75, 3.05) is 0 Å². The third kappa shape index (κ3) is 1.21. The lowest BCUT2D eigenvalue weighted by molar-refractivity contribution is 0.0688. The second kappa shape index (κ2) is 2.85. The first-order valence-corrected chi connectivity index (χ1v) is 4.35. The highest BCUT2D eigenvalue weighted by molar-refractivity contribution is 9.10. The number of carbonyl (C=O) groups is 1. The van der Waals surface area contributed by atoms with E-state index in [0.717, 1.165) is 0 Å².